The van der Waals surface area contributed by atoms with Gasteiger partial charge in [-0.2, -0.15) is 0 Å². The van der Waals surface area contributed by atoms with Crippen LogP contribution in [0.25, 0.3) is 6.08 Å². The third kappa shape index (κ3) is 5.52. The summed E-state index contributed by atoms with van der Waals surface area (Å²) in [7, 11) is 1.46. The van der Waals surface area contributed by atoms with E-state index < -0.39 is 17.8 Å². The number of carbonyl (C=O) groups is 3. The quantitative estimate of drug-likeness (QED) is 0.273. The van der Waals surface area contributed by atoms with E-state index >= 15 is 0 Å². The third-order valence-corrected chi connectivity index (χ3v) is 4.77. The SMILES string of the molecule is C#CCOc1ccc(/C=C2/C(=O)NC(=O)N(c3ccc(OCCCC)cc3)C2=O)cc1OC. The summed E-state index contributed by atoms with van der Waals surface area (Å²) in [6.07, 6.45) is 8.53. The maximum absolute atomic E-state index is 13.1. The number of nitrogens with one attached hydrogen (secondary N) is 1. The van der Waals surface area contributed by atoms with Crippen LogP contribution in [0.15, 0.2) is 48.0 Å². The summed E-state index contributed by atoms with van der Waals surface area (Å²) in [6, 6.07) is 10.6. The van der Waals surface area contributed by atoms with Crippen molar-refractivity contribution in [3.8, 4) is 29.6 Å². The number of carbonyl (C=O) groups excluding carboxylic acids is 3. The van der Waals surface area contributed by atoms with E-state index in [1.165, 1.54) is 13.2 Å². The van der Waals surface area contributed by atoms with E-state index in [1.807, 2.05) is 0 Å². The first-order valence-electron chi connectivity index (χ1n) is 10.4. The van der Waals surface area contributed by atoms with Crippen molar-refractivity contribution < 1.29 is 28.6 Å². The lowest BCUT2D eigenvalue weighted by atomic mass is 10.1. The van der Waals surface area contributed by atoms with Crippen LogP contribution in [0.1, 0.15) is 25.3 Å². The lowest BCUT2D eigenvalue weighted by Crippen LogP contribution is -2.54. The Kier molecular flexibility index (Phi) is 7.71. The molecule has 1 aliphatic rings. The molecule has 170 valence electrons. The molecule has 0 radical (unpaired) electrons. The predicted octanol–water partition coefficient (Wildman–Crippen LogP) is 3.55. The Morgan fingerprint density at radius 1 is 1.06 bits per heavy atom. The Hall–Kier alpha value is -4.25. The average Bonchev–Trinajstić information content (AvgIpc) is 2.81. The van der Waals surface area contributed by atoms with Crippen molar-refractivity contribution >= 4 is 29.6 Å². The highest BCUT2D eigenvalue weighted by Crippen LogP contribution is 2.30. The number of imide groups is 2. The van der Waals surface area contributed by atoms with Gasteiger partial charge in [0, 0.05) is 0 Å². The Labute approximate surface area is 192 Å². The van der Waals surface area contributed by atoms with E-state index in [4.69, 9.17) is 20.6 Å². The maximum atomic E-state index is 13.1. The number of hydrogen-bond acceptors (Lipinski definition) is 6. The van der Waals surface area contributed by atoms with Crippen LogP contribution in [-0.4, -0.2) is 38.2 Å². The summed E-state index contributed by atoms with van der Waals surface area (Å²) in [4.78, 5) is 38.8. The van der Waals surface area contributed by atoms with Gasteiger partial charge in [-0.3, -0.25) is 14.9 Å². The molecular formula is C25H24N2O6. The van der Waals surface area contributed by atoms with Crippen molar-refractivity contribution in [3.63, 3.8) is 0 Å². The smallest absolute Gasteiger partial charge is 0.335 e. The number of amides is 4. The van der Waals surface area contributed by atoms with Crippen molar-refractivity contribution in [1.82, 2.24) is 5.32 Å². The van der Waals surface area contributed by atoms with Gasteiger partial charge in [0.15, 0.2) is 11.5 Å². The number of barbiturate groups is 1. The van der Waals surface area contributed by atoms with E-state index in [0.717, 1.165) is 17.7 Å². The molecule has 0 saturated carbocycles. The van der Waals surface area contributed by atoms with Crippen molar-refractivity contribution in [2.75, 3.05) is 25.2 Å². The van der Waals surface area contributed by atoms with Gasteiger partial charge in [-0.15, -0.1) is 6.42 Å². The second-order valence-corrected chi connectivity index (χ2v) is 7.06. The van der Waals surface area contributed by atoms with Gasteiger partial charge in [-0.1, -0.05) is 25.3 Å². The molecule has 0 spiro atoms. The zero-order valence-corrected chi connectivity index (χ0v) is 18.4. The highest BCUT2D eigenvalue weighted by Gasteiger charge is 2.36. The first-order chi connectivity index (χ1) is 16.0. The summed E-state index contributed by atoms with van der Waals surface area (Å²) in [5, 5.41) is 2.20. The molecule has 0 aromatic heterocycles. The predicted molar refractivity (Wildman–Crippen MR) is 123 cm³/mol. The fourth-order valence-corrected chi connectivity index (χ4v) is 3.10. The second-order valence-electron chi connectivity index (χ2n) is 7.06. The van der Waals surface area contributed by atoms with Gasteiger partial charge < -0.3 is 14.2 Å². The number of methoxy groups -OCH3 is 1. The lowest BCUT2D eigenvalue weighted by molar-refractivity contribution is -0.122. The number of anilines is 1. The minimum atomic E-state index is -0.822. The number of hydrogen-bond donors (Lipinski definition) is 1. The molecule has 2 aromatic rings. The van der Waals surface area contributed by atoms with Gasteiger partial charge in [0.2, 0.25) is 0 Å². The molecule has 0 unspecified atom stereocenters. The van der Waals surface area contributed by atoms with Crippen LogP contribution in [0.4, 0.5) is 10.5 Å². The molecule has 1 heterocycles. The number of urea groups is 1. The maximum Gasteiger partial charge on any atom is 0.335 e. The molecule has 1 N–H and O–H groups in total. The molecule has 1 saturated heterocycles. The number of unbranched alkanes of at least 4 members (excludes halogenated alkanes) is 1. The summed E-state index contributed by atoms with van der Waals surface area (Å²) in [5.74, 6) is 2.28. The zero-order chi connectivity index (χ0) is 23.8. The normalized spacial score (nSPS) is 14.6. The van der Waals surface area contributed by atoms with Crippen LogP contribution in [0.5, 0.6) is 17.2 Å². The van der Waals surface area contributed by atoms with Crippen LogP contribution >= 0.6 is 0 Å². The Bertz CT molecular complexity index is 1110. The highest BCUT2D eigenvalue weighted by molar-refractivity contribution is 6.39. The van der Waals surface area contributed by atoms with Crippen molar-refractivity contribution in [2.45, 2.75) is 19.8 Å². The number of ether oxygens (including phenoxy) is 3. The number of terminal acetylenes is 1. The van der Waals surface area contributed by atoms with Crippen LogP contribution in [-0.2, 0) is 9.59 Å². The van der Waals surface area contributed by atoms with E-state index in [1.54, 1.807) is 42.5 Å². The Morgan fingerprint density at radius 3 is 2.48 bits per heavy atom. The van der Waals surface area contributed by atoms with Crippen LogP contribution in [0, 0.1) is 12.3 Å². The standard InChI is InChI=1S/C25H24N2O6/c1-4-6-14-32-19-10-8-18(9-11-19)27-24(29)20(23(28)26-25(27)30)15-17-7-12-21(33-13-5-2)22(16-17)31-3/h2,7-12,15-16H,4,6,13-14H2,1,3H3,(H,26,28,30)/b20-15-. The van der Waals surface area contributed by atoms with Crippen molar-refractivity contribution in [2.24, 2.45) is 0 Å². The zero-order valence-electron chi connectivity index (χ0n) is 18.4. The van der Waals surface area contributed by atoms with Crippen LogP contribution in [0.3, 0.4) is 0 Å². The molecule has 2 aromatic carbocycles. The monoisotopic (exact) mass is 448 g/mol. The topological polar surface area (TPSA) is 94.2 Å². The van der Waals surface area contributed by atoms with E-state index in [2.05, 4.69) is 18.2 Å². The van der Waals surface area contributed by atoms with Crippen LogP contribution in [0.2, 0.25) is 0 Å². The Balaban J connectivity index is 1.86. The van der Waals surface area contributed by atoms with Gasteiger partial charge in [0.1, 0.15) is 17.9 Å². The highest BCUT2D eigenvalue weighted by atomic mass is 16.5. The van der Waals surface area contributed by atoms with E-state index in [-0.39, 0.29) is 12.2 Å². The summed E-state index contributed by atoms with van der Waals surface area (Å²) in [5.41, 5.74) is 0.624. The van der Waals surface area contributed by atoms with Gasteiger partial charge in [0.25, 0.3) is 11.8 Å². The molecule has 1 fully saturated rings. The minimum absolute atomic E-state index is 0.0667. The number of nitrogens with zero attached hydrogens (tertiary/aromatic N) is 1. The van der Waals surface area contributed by atoms with E-state index in [9.17, 15) is 14.4 Å². The largest absolute Gasteiger partial charge is 0.494 e. The van der Waals surface area contributed by atoms with Crippen LogP contribution < -0.4 is 24.4 Å². The lowest BCUT2D eigenvalue weighted by Gasteiger charge is -2.26. The summed E-state index contributed by atoms with van der Waals surface area (Å²) < 4.78 is 16.3. The molecule has 0 atom stereocenters. The molecule has 1 aliphatic heterocycles. The molecule has 33 heavy (non-hydrogen) atoms. The summed E-state index contributed by atoms with van der Waals surface area (Å²) >= 11 is 0. The fraction of sp³-hybridized carbons (Fsp3) is 0.240. The summed E-state index contributed by atoms with van der Waals surface area (Å²) in [6.45, 7) is 2.71. The van der Waals surface area contributed by atoms with Gasteiger partial charge >= 0.3 is 6.03 Å². The molecule has 8 heteroatoms. The molecular weight excluding hydrogens is 424 g/mol. The number of benzene rings is 2. The van der Waals surface area contributed by atoms with Crippen molar-refractivity contribution in [3.05, 3.63) is 53.6 Å². The number of rotatable bonds is 9. The Morgan fingerprint density at radius 2 is 1.82 bits per heavy atom. The second kappa shape index (κ2) is 10.9. The molecule has 8 nitrogen and oxygen atoms in total. The first-order valence-corrected chi connectivity index (χ1v) is 10.4. The van der Waals surface area contributed by atoms with E-state index in [0.29, 0.717) is 35.1 Å². The minimum Gasteiger partial charge on any atom is -0.494 e. The average molecular weight is 448 g/mol. The fourth-order valence-electron chi connectivity index (χ4n) is 3.10. The molecule has 0 aliphatic carbocycles. The molecule has 0 bridgehead atoms. The molecule has 3 rings (SSSR count). The van der Waals surface area contributed by atoms with Gasteiger partial charge in [-0.25, -0.2) is 9.69 Å². The molecule has 4 amide bonds. The third-order valence-electron chi connectivity index (χ3n) is 4.77. The van der Waals surface area contributed by atoms with Crippen molar-refractivity contribution in [1.29, 1.82) is 0 Å². The first kappa shape index (κ1) is 23.4. The van der Waals surface area contributed by atoms with Gasteiger partial charge in [0.05, 0.1) is 19.4 Å². The van der Waals surface area contributed by atoms with Gasteiger partial charge in [-0.05, 0) is 54.5 Å².